The molecule has 4 heteroatoms. The fourth-order valence-electron chi connectivity index (χ4n) is 6.00. The Bertz CT molecular complexity index is 3170. The molecule has 338 valence electrons. The first-order chi connectivity index (χ1) is 33.1. The van der Waals surface area contributed by atoms with E-state index in [2.05, 4.69) is 220 Å². The lowest BCUT2D eigenvalue weighted by molar-refractivity contribution is 1.55. The summed E-state index contributed by atoms with van der Waals surface area (Å²) in [5.74, 6) is 46.6. The van der Waals surface area contributed by atoms with E-state index in [1.54, 1.807) is 0 Å². The van der Waals surface area contributed by atoms with Crippen LogP contribution in [0.5, 0.6) is 0 Å². The molecule has 0 nitrogen and oxygen atoms in total. The van der Waals surface area contributed by atoms with Crippen LogP contribution in [0.2, 0.25) is 78.6 Å². The molecule has 0 atom stereocenters. The SMILES string of the molecule is C[Si](C)(C)C#Cc1cc(C#Cc2ccc(C#Cc3ccc(C#Cc4ccc(C#Cc5ccc(C#Cc6cc(C#C[Si](C)(C)C)cc(C#C[Si](C)(C)C)c6)cc5)cc4)cc3)cc2)cc(C#C[Si](C)(C)C)c1. The molecule has 0 radical (unpaired) electrons. The Hall–Kier alpha value is -7.77. The molecule has 0 aliphatic carbocycles. The Kier molecular flexibility index (Phi) is 17.0. The minimum absolute atomic E-state index is 0.916. The van der Waals surface area contributed by atoms with Crippen molar-refractivity contribution in [3.8, 4) is 105 Å². The molecule has 0 spiro atoms. The van der Waals surface area contributed by atoms with E-state index < -0.39 is 32.3 Å². The van der Waals surface area contributed by atoms with Crippen molar-refractivity contribution in [2.24, 2.45) is 0 Å². The average Bonchev–Trinajstić information content (AvgIpc) is 3.31. The fraction of sp³-hybridized carbons (Fsp3) is 0.182. The lowest BCUT2D eigenvalue weighted by Crippen LogP contribution is -2.16. The van der Waals surface area contributed by atoms with Gasteiger partial charge in [0, 0.05) is 77.9 Å². The smallest absolute Gasteiger partial charge is 0.127 e. The van der Waals surface area contributed by atoms with Crippen molar-refractivity contribution in [3.05, 3.63) is 211 Å². The largest absolute Gasteiger partial charge is 0.129 e. The zero-order valence-electron chi connectivity index (χ0n) is 42.7. The van der Waals surface area contributed by atoms with E-state index >= 15 is 0 Å². The topological polar surface area (TPSA) is 0 Å². The van der Waals surface area contributed by atoms with Crippen LogP contribution in [0, 0.1) is 105 Å². The van der Waals surface area contributed by atoms with Crippen LogP contribution in [-0.4, -0.2) is 32.3 Å². The second kappa shape index (κ2) is 23.0. The highest BCUT2D eigenvalue weighted by Crippen LogP contribution is 2.14. The van der Waals surface area contributed by atoms with E-state index in [4.69, 9.17) is 0 Å². The zero-order chi connectivity index (χ0) is 50.4. The number of benzene rings is 6. The molecular weight excluding hydrogens is 905 g/mol. The third-order valence-electron chi connectivity index (χ3n) is 9.49. The standard InChI is InChI=1S/C66H58Si4/c1-67(2,3)43-39-63-47-61(48-64(51-63)40-44-68(4,5)6)37-35-59-31-27-57(28-32-59)25-23-55-19-15-53(16-20-55)13-14-54-17-21-56(22-18-54)24-26-58-29-33-60(34-30-58)36-38-62-49-65(41-45-69(7,8)9)52-66(50-62)42-46-70(10,11)12/h15-22,27-34,47-52H,1-12H3. The molecule has 6 aromatic carbocycles. The summed E-state index contributed by atoms with van der Waals surface area (Å²) in [6.07, 6.45) is 0. The molecular formula is C66H58Si4. The van der Waals surface area contributed by atoms with Gasteiger partial charge in [-0.15, -0.1) is 22.2 Å². The van der Waals surface area contributed by atoms with Gasteiger partial charge in [-0.3, -0.25) is 0 Å². The summed E-state index contributed by atoms with van der Waals surface area (Å²) < 4.78 is 0. The van der Waals surface area contributed by atoms with Gasteiger partial charge in [-0.25, -0.2) is 0 Å². The molecule has 0 aromatic heterocycles. The van der Waals surface area contributed by atoms with Crippen LogP contribution in [0.25, 0.3) is 0 Å². The van der Waals surface area contributed by atoms with Crippen LogP contribution < -0.4 is 0 Å². The monoisotopic (exact) mass is 962 g/mol. The van der Waals surface area contributed by atoms with Gasteiger partial charge in [0.1, 0.15) is 32.3 Å². The summed E-state index contributed by atoms with van der Waals surface area (Å²) in [7, 11) is -6.09. The summed E-state index contributed by atoms with van der Waals surface area (Å²) in [4.78, 5) is 0. The summed E-state index contributed by atoms with van der Waals surface area (Å²) in [5, 5.41) is 0. The maximum Gasteiger partial charge on any atom is 0.129 e. The van der Waals surface area contributed by atoms with E-state index in [0.717, 1.165) is 77.9 Å². The van der Waals surface area contributed by atoms with Crippen LogP contribution >= 0.6 is 0 Å². The fourth-order valence-corrected chi connectivity index (χ4v) is 8.07. The molecule has 0 fully saturated rings. The van der Waals surface area contributed by atoms with Gasteiger partial charge in [0.2, 0.25) is 0 Å². The normalized spacial score (nSPS) is 10.4. The second-order valence-corrected chi connectivity index (χ2v) is 40.2. The predicted molar refractivity (Wildman–Crippen MR) is 309 cm³/mol. The lowest BCUT2D eigenvalue weighted by Gasteiger charge is -2.05. The van der Waals surface area contributed by atoms with Gasteiger partial charge < -0.3 is 0 Å². The molecule has 6 aromatic rings. The van der Waals surface area contributed by atoms with Crippen LogP contribution in [0.15, 0.2) is 133 Å². The molecule has 0 unspecified atom stereocenters. The summed E-state index contributed by atoms with van der Waals surface area (Å²) in [6, 6.07) is 44.6. The van der Waals surface area contributed by atoms with Crippen molar-refractivity contribution >= 4 is 32.3 Å². The Morgan fingerprint density at radius 1 is 0.171 bits per heavy atom. The highest BCUT2D eigenvalue weighted by molar-refractivity contribution is 6.85. The minimum Gasteiger partial charge on any atom is -0.127 e. The van der Waals surface area contributed by atoms with Crippen molar-refractivity contribution in [1.29, 1.82) is 0 Å². The van der Waals surface area contributed by atoms with Gasteiger partial charge in [0.15, 0.2) is 0 Å². The molecule has 6 rings (SSSR count). The number of rotatable bonds is 0. The third-order valence-corrected chi connectivity index (χ3v) is 13.0. The lowest BCUT2D eigenvalue weighted by atomic mass is 10.1. The first-order valence-electron chi connectivity index (χ1n) is 23.5. The number of hydrogen-bond donors (Lipinski definition) is 0. The third kappa shape index (κ3) is 19.1. The summed E-state index contributed by atoms with van der Waals surface area (Å²) in [5.41, 5.74) is 27.0. The van der Waals surface area contributed by atoms with Crippen LogP contribution in [0.4, 0.5) is 0 Å². The van der Waals surface area contributed by atoms with E-state index in [1.807, 2.05) is 97.1 Å². The molecule has 0 aliphatic heterocycles. The van der Waals surface area contributed by atoms with Crippen LogP contribution in [0.1, 0.15) is 77.9 Å². The van der Waals surface area contributed by atoms with Gasteiger partial charge in [-0.05, 0) is 133 Å². The molecule has 70 heavy (non-hydrogen) atoms. The van der Waals surface area contributed by atoms with Crippen molar-refractivity contribution in [2.45, 2.75) is 78.6 Å². The molecule has 0 saturated heterocycles. The van der Waals surface area contributed by atoms with E-state index in [-0.39, 0.29) is 0 Å². The summed E-state index contributed by atoms with van der Waals surface area (Å²) in [6.45, 7) is 27.0. The minimum atomic E-state index is -1.52. The van der Waals surface area contributed by atoms with Crippen LogP contribution in [0.3, 0.4) is 0 Å². The molecule has 0 amide bonds. The first-order valence-corrected chi connectivity index (χ1v) is 37.5. The maximum atomic E-state index is 3.48. The molecule has 0 N–H and O–H groups in total. The van der Waals surface area contributed by atoms with Crippen molar-refractivity contribution in [1.82, 2.24) is 0 Å². The Morgan fingerprint density at radius 2 is 0.286 bits per heavy atom. The predicted octanol–water partition coefficient (Wildman–Crippen LogP) is 13.6. The quantitative estimate of drug-likeness (QED) is 0.105. The van der Waals surface area contributed by atoms with Crippen molar-refractivity contribution in [2.75, 3.05) is 0 Å². The first kappa shape index (κ1) is 51.6. The Labute approximate surface area is 424 Å². The molecule has 0 bridgehead atoms. The van der Waals surface area contributed by atoms with E-state index in [0.29, 0.717) is 0 Å². The molecule has 0 aliphatic rings. The van der Waals surface area contributed by atoms with Gasteiger partial charge in [0.25, 0.3) is 0 Å². The average molecular weight is 964 g/mol. The van der Waals surface area contributed by atoms with Gasteiger partial charge in [-0.2, -0.15) is 0 Å². The van der Waals surface area contributed by atoms with E-state index in [1.165, 1.54) is 0 Å². The van der Waals surface area contributed by atoms with Gasteiger partial charge in [-0.1, -0.05) is 161 Å². The van der Waals surface area contributed by atoms with Crippen molar-refractivity contribution < 1.29 is 0 Å². The molecule has 0 saturated carbocycles. The van der Waals surface area contributed by atoms with Crippen molar-refractivity contribution in [3.63, 3.8) is 0 Å². The maximum absolute atomic E-state index is 3.48. The Balaban J connectivity index is 1.05. The highest BCUT2D eigenvalue weighted by atomic mass is 28.3. The number of hydrogen-bond acceptors (Lipinski definition) is 0. The molecule has 0 heterocycles. The van der Waals surface area contributed by atoms with Crippen LogP contribution in [-0.2, 0) is 0 Å². The second-order valence-electron chi connectivity index (χ2n) is 21.2. The van der Waals surface area contributed by atoms with Gasteiger partial charge >= 0.3 is 0 Å². The summed E-state index contributed by atoms with van der Waals surface area (Å²) >= 11 is 0. The zero-order valence-corrected chi connectivity index (χ0v) is 46.7. The van der Waals surface area contributed by atoms with Gasteiger partial charge in [0.05, 0.1) is 0 Å². The van der Waals surface area contributed by atoms with E-state index in [9.17, 15) is 0 Å². The Morgan fingerprint density at radius 3 is 0.414 bits per heavy atom. The highest BCUT2D eigenvalue weighted by Gasteiger charge is 2.11.